The lowest BCUT2D eigenvalue weighted by Gasteiger charge is -2.11. The van der Waals surface area contributed by atoms with Gasteiger partial charge in [-0.3, -0.25) is 10.0 Å². The monoisotopic (exact) mass is 399 g/mol. The molecule has 0 atom stereocenters. The molecule has 0 bridgehead atoms. The first-order chi connectivity index (χ1) is 13.5. The number of nitrogens with zero attached hydrogens (tertiary/aromatic N) is 3. The van der Waals surface area contributed by atoms with Gasteiger partial charge in [0.1, 0.15) is 5.75 Å². The molecule has 1 aromatic heterocycles. The molecule has 2 aromatic carbocycles. The largest absolute Gasteiger partial charge is 0.497 e. The van der Waals surface area contributed by atoms with Crippen molar-refractivity contribution in [2.45, 2.75) is 19.8 Å². The molecule has 0 aliphatic carbocycles. The predicted molar refractivity (Wildman–Crippen MR) is 108 cm³/mol. The molecule has 0 unspecified atom stereocenters. The maximum atomic E-state index is 11.1. The quantitative estimate of drug-likeness (QED) is 0.473. The summed E-state index contributed by atoms with van der Waals surface area (Å²) in [5.74, 6) is 0.405. The third-order valence-electron chi connectivity index (χ3n) is 4.38. The Morgan fingerprint density at radius 3 is 2.46 bits per heavy atom. The highest BCUT2D eigenvalue weighted by molar-refractivity contribution is 6.30. The predicted octanol–water partition coefficient (Wildman–Crippen LogP) is 4.37. The number of hydrogen-bond donors (Lipinski definition) is 1. The highest BCUT2D eigenvalue weighted by Crippen LogP contribution is 2.27. The van der Waals surface area contributed by atoms with E-state index in [2.05, 4.69) is 0 Å². The molecule has 0 aliphatic rings. The van der Waals surface area contributed by atoms with E-state index < -0.39 is 0 Å². The van der Waals surface area contributed by atoms with E-state index in [0.717, 1.165) is 33.5 Å². The van der Waals surface area contributed by atoms with Crippen molar-refractivity contribution >= 4 is 17.5 Å². The Morgan fingerprint density at radius 1 is 1.18 bits per heavy atom. The van der Waals surface area contributed by atoms with E-state index >= 15 is 0 Å². The first-order valence-electron chi connectivity index (χ1n) is 8.94. The lowest BCUT2D eigenvalue weighted by molar-refractivity contribution is -0.162. The van der Waals surface area contributed by atoms with Gasteiger partial charge in [-0.25, -0.2) is 9.75 Å². The molecule has 28 heavy (non-hydrogen) atoms. The summed E-state index contributed by atoms with van der Waals surface area (Å²) >= 11 is 6.03. The lowest BCUT2D eigenvalue weighted by atomic mass is 10.1. The third-order valence-corrected chi connectivity index (χ3v) is 4.64. The minimum atomic E-state index is -0.370. The van der Waals surface area contributed by atoms with Crippen molar-refractivity contribution in [3.05, 3.63) is 65.3 Å². The molecule has 3 aromatic rings. The number of benzene rings is 2. The van der Waals surface area contributed by atoms with Crippen molar-refractivity contribution in [2.75, 3.05) is 13.7 Å². The summed E-state index contributed by atoms with van der Waals surface area (Å²) in [6, 6.07) is 17.3. The van der Waals surface area contributed by atoms with Crippen LogP contribution in [0.25, 0.3) is 16.9 Å². The number of carbonyl (C=O) groups excluding carboxylic acids is 1. The number of hydroxylamine groups is 2. The smallest absolute Gasteiger partial charge is 0.242 e. The van der Waals surface area contributed by atoms with Gasteiger partial charge in [-0.15, -0.1) is 0 Å². The molecule has 0 radical (unpaired) electrons. The molecule has 0 saturated carbocycles. The second-order valence-electron chi connectivity index (χ2n) is 6.38. The van der Waals surface area contributed by atoms with E-state index in [4.69, 9.17) is 21.4 Å². The zero-order valence-corrected chi connectivity index (χ0v) is 16.6. The number of rotatable bonds is 7. The molecule has 0 fully saturated rings. The van der Waals surface area contributed by atoms with Crippen molar-refractivity contribution in [3.63, 3.8) is 0 Å². The van der Waals surface area contributed by atoms with Crippen LogP contribution in [0.1, 0.15) is 19.0 Å². The van der Waals surface area contributed by atoms with Crippen LogP contribution in [-0.4, -0.2) is 39.6 Å². The number of aryl methyl sites for hydroxylation is 1. The zero-order chi connectivity index (χ0) is 20.1. The fraction of sp³-hybridized carbons (Fsp3) is 0.238. The van der Waals surface area contributed by atoms with E-state index in [-0.39, 0.29) is 12.5 Å². The molecule has 0 spiro atoms. The SMILES string of the molecule is COc1ccc(-n2nc(CCCN(O)C(C)=O)cc2-c2ccc(Cl)cc2)cc1. The molecular weight excluding hydrogens is 378 g/mol. The minimum Gasteiger partial charge on any atom is -0.497 e. The Morgan fingerprint density at radius 2 is 1.86 bits per heavy atom. The molecule has 1 N–H and O–H groups in total. The Bertz CT molecular complexity index is 937. The second kappa shape index (κ2) is 8.91. The number of amides is 1. The standard InChI is InChI=1S/C21H22ClN3O3/c1-15(26)24(27)13-3-4-18-14-21(16-5-7-17(22)8-6-16)25(23-18)19-9-11-20(28-2)12-10-19/h5-12,14,27H,3-4,13H2,1-2H3. The van der Waals surface area contributed by atoms with E-state index in [9.17, 15) is 10.0 Å². The third kappa shape index (κ3) is 4.71. The van der Waals surface area contributed by atoms with E-state index in [0.29, 0.717) is 17.9 Å². The average Bonchev–Trinajstić information content (AvgIpc) is 3.12. The minimum absolute atomic E-state index is 0.265. The van der Waals surface area contributed by atoms with Crippen LogP contribution in [0.5, 0.6) is 5.75 Å². The van der Waals surface area contributed by atoms with Gasteiger partial charge in [0.15, 0.2) is 0 Å². The average molecular weight is 400 g/mol. The van der Waals surface area contributed by atoms with Gasteiger partial charge in [-0.1, -0.05) is 23.7 Å². The second-order valence-corrected chi connectivity index (χ2v) is 6.82. The van der Waals surface area contributed by atoms with Crippen LogP contribution in [0.4, 0.5) is 0 Å². The summed E-state index contributed by atoms with van der Waals surface area (Å²) in [5, 5.41) is 15.7. The first-order valence-corrected chi connectivity index (χ1v) is 9.32. The van der Waals surface area contributed by atoms with Crippen LogP contribution in [0.15, 0.2) is 54.6 Å². The molecule has 7 heteroatoms. The summed E-state index contributed by atoms with van der Waals surface area (Å²) in [5.41, 5.74) is 3.71. The molecule has 1 heterocycles. The van der Waals surface area contributed by atoms with Gasteiger partial charge in [-0.05, 0) is 55.3 Å². The number of hydrogen-bond acceptors (Lipinski definition) is 4. The van der Waals surface area contributed by atoms with Crippen molar-refractivity contribution in [2.24, 2.45) is 0 Å². The fourth-order valence-electron chi connectivity index (χ4n) is 2.87. The van der Waals surface area contributed by atoms with Gasteiger partial charge in [0.05, 0.1) is 24.2 Å². The number of halogens is 1. The topological polar surface area (TPSA) is 67.6 Å². The Labute approximate surface area is 168 Å². The number of ether oxygens (including phenoxy) is 1. The summed E-state index contributed by atoms with van der Waals surface area (Å²) in [7, 11) is 1.63. The van der Waals surface area contributed by atoms with Crippen LogP contribution in [0, 0.1) is 0 Å². The summed E-state index contributed by atoms with van der Waals surface area (Å²) in [6.07, 6.45) is 1.24. The molecule has 6 nitrogen and oxygen atoms in total. The summed E-state index contributed by atoms with van der Waals surface area (Å²) < 4.78 is 7.11. The van der Waals surface area contributed by atoms with Crippen molar-refractivity contribution < 1.29 is 14.7 Å². The molecule has 146 valence electrons. The maximum Gasteiger partial charge on any atom is 0.242 e. The van der Waals surface area contributed by atoms with E-state index in [1.54, 1.807) is 7.11 Å². The normalized spacial score (nSPS) is 10.7. The number of aromatic nitrogens is 2. The van der Waals surface area contributed by atoms with Crippen LogP contribution < -0.4 is 4.74 Å². The molecule has 0 aliphatic heterocycles. The van der Waals surface area contributed by atoms with Gasteiger partial charge < -0.3 is 4.74 Å². The molecule has 0 saturated heterocycles. The number of carbonyl (C=O) groups is 1. The highest BCUT2D eigenvalue weighted by Gasteiger charge is 2.13. The molecule has 3 rings (SSSR count). The van der Waals surface area contributed by atoms with Gasteiger partial charge in [0, 0.05) is 24.1 Å². The van der Waals surface area contributed by atoms with Gasteiger partial charge in [-0.2, -0.15) is 5.10 Å². The van der Waals surface area contributed by atoms with Gasteiger partial charge in [0.25, 0.3) is 0 Å². The van der Waals surface area contributed by atoms with Crippen LogP contribution in [0.3, 0.4) is 0 Å². The van der Waals surface area contributed by atoms with E-state index in [1.807, 2.05) is 59.3 Å². The van der Waals surface area contributed by atoms with Gasteiger partial charge >= 0.3 is 0 Å². The highest BCUT2D eigenvalue weighted by atomic mass is 35.5. The Hall–Kier alpha value is -2.83. The van der Waals surface area contributed by atoms with Crippen LogP contribution in [-0.2, 0) is 11.2 Å². The molecule has 1 amide bonds. The number of methoxy groups -OCH3 is 1. The first kappa shape index (κ1) is 19.9. The lowest BCUT2D eigenvalue weighted by Crippen LogP contribution is -2.25. The van der Waals surface area contributed by atoms with Crippen LogP contribution in [0.2, 0.25) is 5.02 Å². The van der Waals surface area contributed by atoms with E-state index in [1.165, 1.54) is 6.92 Å². The van der Waals surface area contributed by atoms with Crippen molar-refractivity contribution in [1.29, 1.82) is 0 Å². The Balaban J connectivity index is 1.90. The fourth-order valence-corrected chi connectivity index (χ4v) is 2.99. The van der Waals surface area contributed by atoms with Gasteiger partial charge in [0.2, 0.25) is 5.91 Å². The summed E-state index contributed by atoms with van der Waals surface area (Å²) in [4.78, 5) is 11.1. The Kier molecular flexibility index (Phi) is 6.34. The van der Waals surface area contributed by atoms with Crippen LogP contribution >= 0.6 is 11.6 Å². The maximum absolute atomic E-state index is 11.1. The van der Waals surface area contributed by atoms with Crippen molar-refractivity contribution in [3.8, 4) is 22.7 Å². The van der Waals surface area contributed by atoms with Crippen molar-refractivity contribution in [1.82, 2.24) is 14.8 Å². The molecular formula is C21H22ClN3O3. The zero-order valence-electron chi connectivity index (χ0n) is 15.8. The summed E-state index contributed by atoms with van der Waals surface area (Å²) in [6.45, 7) is 1.60.